The van der Waals surface area contributed by atoms with Crippen LogP contribution in [-0.4, -0.2) is 34.7 Å². The number of imide groups is 1. The zero-order valence-electron chi connectivity index (χ0n) is 16.8. The van der Waals surface area contributed by atoms with Crippen LogP contribution in [0, 0.1) is 7.14 Å². The van der Waals surface area contributed by atoms with Crippen LogP contribution < -0.4 is 4.74 Å². The molecule has 1 fully saturated rings. The third-order valence-electron chi connectivity index (χ3n) is 4.09. The van der Waals surface area contributed by atoms with Crippen molar-refractivity contribution in [2.75, 3.05) is 6.54 Å². The normalized spacial score (nSPS) is 15.1. The fourth-order valence-corrected chi connectivity index (χ4v) is 4.58. The van der Waals surface area contributed by atoms with Crippen LogP contribution in [0.5, 0.6) is 5.75 Å². The van der Waals surface area contributed by atoms with Crippen LogP contribution in [-0.2, 0) is 20.9 Å². The molecule has 0 aromatic heterocycles. The molecular formula is C22H19I2NO5S. The van der Waals surface area contributed by atoms with E-state index >= 15 is 0 Å². The molecule has 0 saturated carbocycles. The van der Waals surface area contributed by atoms with Crippen LogP contribution in [0.3, 0.4) is 0 Å². The van der Waals surface area contributed by atoms with Crippen molar-refractivity contribution in [1.82, 2.24) is 4.90 Å². The molecule has 2 aromatic rings. The van der Waals surface area contributed by atoms with Gasteiger partial charge in [0.05, 0.1) is 14.6 Å². The Bertz CT molecular complexity index is 1040. The number of halogens is 2. The Morgan fingerprint density at radius 1 is 1.13 bits per heavy atom. The Morgan fingerprint density at radius 2 is 1.84 bits per heavy atom. The van der Waals surface area contributed by atoms with Crippen LogP contribution in [0.15, 0.2) is 47.4 Å². The average molecular weight is 663 g/mol. The highest BCUT2D eigenvalue weighted by atomic mass is 127. The molecule has 6 nitrogen and oxygen atoms in total. The highest BCUT2D eigenvalue weighted by molar-refractivity contribution is 14.1. The fourth-order valence-electron chi connectivity index (χ4n) is 2.68. The van der Waals surface area contributed by atoms with Gasteiger partial charge < -0.3 is 9.47 Å². The lowest BCUT2D eigenvalue weighted by molar-refractivity contribution is -0.149. The highest BCUT2D eigenvalue weighted by Gasteiger charge is 2.36. The third-order valence-corrected chi connectivity index (χ3v) is 6.56. The summed E-state index contributed by atoms with van der Waals surface area (Å²) >= 11 is 5.25. The number of amides is 2. The second-order valence-electron chi connectivity index (χ2n) is 6.91. The molecule has 0 spiro atoms. The topological polar surface area (TPSA) is 72.9 Å². The molecular weight excluding hydrogens is 644 g/mol. The highest BCUT2D eigenvalue weighted by Crippen LogP contribution is 2.33. The lowest BCUT2D eigenvalue weighted by atomic mass is 10.2. The van der Waals surface area contributed by atoms with E-state index in [-0.39, 0.29) is 17.6 Å². The van der Waals surface area contributed by atoms with Crippen molar-refractivity contribution in [1.29, 1.82) is 0 Å². The zero-order valence-corrected chi connectivity index (χ0v) is 21.9. The van der Waals surface area contributed by atoms with Gasteiger partial charge in [0.1, 0.15) is 18.9 Å². The van der Waals surface area contributed by atoms with Gasteiger partial charge in [-0.15, -0.1) is 0 Å². The minimum Gasteiger partial charge on any atom is -0.488 e. The maximum atomic E-state index is 12.6. The van der Waals surface area contributed by atoms with Gasteiger partial charge in [-0.25, -0.2) is 0 Å². The lowest BCUT2D eigenvalue weighted by Crippen LogP contribution is -2.35. The van der Waals surface area contributed by atoms with Crippen molar-refractivity contribution in [3.8, 4) is 5.75 Å². The molecule has 0 bridgehead atoms. The Morgan fingerprint density at radius 3 is 2.48 bits per heavy atom. The zero-order chi connectivity index (χ0) is 22.5. The summed E-state index contributed by atoms with van der Waals surface area (Å²) in [4.78, 5) is 37.7. The van der Waals surface area contributed by atoms with Crippen LogP contribution in [0.2, 0.25) is 0 Å². The molecule has 0 unspecified atom stereocenters. The number of nitrogens with zero attached hydrogens (tertiary/aromatic N) is 1. The second kappa shape index (κ2) is 10.8. The second-order valence-corrected chi connectivity index (χ2v) is 10.3. The minimum absolute atomic E-state index is 0.269. The Balaban J connectivity index is 1.67. The number of rotatable bonds is 7. The average Bonchev–Trinajstić information content (AvgIpc) is 2.95. The smallest absolute Gasteiger partial charge is 0.326 e. The summed E-state index contributed by atoms with van der Waals surface area (Å²) in [5.41, 5.74) is 1.84. The van der Waals surface area contributed by atoms with E-state index in [4.69, 9.17) is 9.47 Å². The van der Waals surface area contributed by atoms with Crippen molar-refractivity contribution >= 4 is 80.1 Å². The summed E-state index contributed by atoms with van der Waals surface area (Å²) in [6.45, 7) is 3.49. The summed E-state index contributed by atoms with van der Waals surface area (Å²) in [5.74, 6) is -0.367. The van der Waals surface area contributed by atoms with Gasteiger partial charge in [-0.1, -0.05) is 18.2 Å². The van der Waals surface area contributed by atoms with Gasteiger partial charge in [0.2, 0.25) is 0 Å². The molecule has 1 aliphatic rings. The number of hydrogen-bond donors (Lipinski definition) is 0. The molecule has 1 heterocycles. The molecule has 3 rings (SSSR count). The lowest BCUT2D eigenvalue weighted by Gasteiger charge is -2.13. The first-order valence-corrected chi connectivity index (χ1v) is 12.3. The molecule has 1 aliphatic heterocycles. The number of thioether (sulfide) groups is 1. The SMILES string of the molecule is CC(C)OC(=O)CN1C(=O)S/C(=C/c2ccc(OCc3ccc(I)cc3)c(I)c2)C1=O. The van der Waals surface area contributed by atoms with E-state index in [1.165, 1.54) is 3.57 Å². The predicted octanol–water partition coefficient (Wildman–Crippen LogP) is 5.46. The molecule has 0 N–H and O–H groups in total. The summed E-state index contributed by atoms with van der Waals surface area (Å²) < 4.78 is 13.0. The minimum atomic E-state index is -0.609. The van der Waals surface area contributed by atoms with E-state index in [1.807, 2.05) is 42.5 Å². The monoisotopic (exact) mass is 663 g/mol. The molecule has 31 heavy (non-hydrogen) atoms. The Kier molecular flexibility index (Phi) is 8.39. The number of esters is 1. The molecule has 1 saturated heterocycles. The van der Waals surface area contributed by atoms with E-state index in [1.54, 1.807) is 19.9 Å². The molecule has 162 valence electrons. The van der Waals surface area contributed by atoms with E-state index in [9.17, 15) is 14.4 Å². The summed E-state index contributed by atoms with van der Waals surface area (Å²) in [6, 6.07) is 13.7. The maximum absolute atomic E-state index is 12.6. The first-order valence-electron chi connectivity index (χ1n) is 9.34. The quantitative estimate of drug-likeness (QED) is 0.223. The molecule has 2 amide bonds. The van der Waals surface area contributed by atoms with Gasteiger partial charge in [0, 0.05) is 3.57 Å². The predicted molar refractivity (Wildman–Crippen MR) is 137 cm³/mol. The number of carbonyl (C=O) groups is 3. The van der Waals surface area contributed by atoms with E-state index < -0.39 is 17.1 Å². The van der Waals surface area contributed by atoms with Gasteiger partial charge in [-0.2, -0.15) is 0 Å². The standard InChI is InChI=1S/C22H19I2NO5S/c1-13(2)30-20(26)11-25-21(27)19(31-22(25)28)10-15-5-8-18(17(24)9-15)29-12-14-3-6-16(23)7-4-14/h3-10,13H,11-12H2,1-2H3/b19-10+. The number of hydrogen-bond acceptors (Lipinski definition) is 6. The first kappa shape index (κ1) is 24.1. The van der Waals surface area contributed by atoms with Crippen molar-refractivity contribution in [2.45, 2.75) is 26.6 Å². The van der Waals surface area contributed by atoms with Gasteiger partial charge in [0.15, 0.2) is 0 Å². The van der Waals surface area contributed by atoms with Gasteiger partial charge >= 0.3 is 5.97 Å². The summed E-state index contributed by atoms with van der Waals surface area (Å²) in [7, 11) is 0. The van der Waals surface area contributed by atoms with Crippen LogP contribution in [0.1, 0.15) is 25.0 Å². The summed E-state index contributed by atoms with van der Waals surface area (Å²) in [6.07, 6.45) is 1.33. The first-order chi connectivity index (χ1) is 14.7. The number of carbonyl (C=O) groups excluding carboxylic acids is 3. The van der Waals surface area contributed by atoms with Crippen molar-refractivity contribution in [3.05, 3.63) is 65.6 Å². The van der Waals surface area contributed by atoms with E-state index in [2.05, 4.69) is 45.2 Å². The Hall–Kier alpha value is -1.60. The third kappa shape index (κ3) is 6.69. The maximum Gasteiger partial charge on any atom is 0.326 e. The largest absolute Gasteiger partial charge is 0.488 e. The number of ether oxygens (including phenoxy) is 2. The molecule has 0 radical (unpaired) electrons. The fraction of sp³-hybridized carbons (Fsp3) is 0.227. The molecule has 0 atom stereocenters. The van der Waals surface area contributed by atoms with Crippen LogP contribution in [0.4, 0.5) is 4.79 Å². The van der Waals surface area contributed by atoms with Gasteiger partial charge in [0.25, 0.3) is 11.1 Å². The van der Waals surface area contributed by atoms with Crippen LogP contribution in [0.25, 0.3) is 6.08 Å². The summed E-state index contributed by atoms with van der Waals surface area (Å²) in [5, 5.41) is -0.482. The van der Waals surface area contributed by atoms with Crippen molar-refractivity contribution < 1.29 is 23.9 Å². The number of benzene rings is 2. The van der Waals surface area contributed by atoms with Gasteiger partial charge in [-0.3, -0.25) is 19.3 Å². The van der Waals surface area contributed by atoms with Crippen LogP contribution >= 0.6 is 56.9 Å². The molecule has 2 aromatic carbocycles. The van der Waals surface area contributed by atoms with Gasteiger partial charge in [-0.05, 0) is 112 Å². The van der Waals surface area contributed by atoms with Crippen molar-refractivity contribution in [2.24, 2.45) is 0 Å². The molecule has 0 aliphatic carbocycles. The van der Waals surface area contributed by atoms with Crippen molar-refractivity contribution in [3.63, 3.8) is 0 Å². The Labute approximate surface area is 212 Å². The molecule has 9 heteroatoms. The van der Waals surface area contributed by atoms with E-state index in [0.29, 0.717) is 6.61 Å². The van der Waals surface area contributed by atoms with E-state index in [0.717, 1.165) is 37.1 Å².